The maximum absolute atomic E-state index is 15.8. The van der Waals surface area contributed by atoms with E-state index in [1.54, 1.807) is 78.8 Å². The third kappa shape index (κ3) is 12.3. The van der Waals surface area contributed by atoms with Gasteiger partial charge in [-0.3, -0.25) is 9.59 Å². The van der Waals surface area contributed by atoms with Crippen molar-refractivity contribution < 1.29 is 47.3 Å². The zero-order chi connectivity index (χ0) is 44.9. The molecule has 2 unspecified atom stereocenters. The Morgan fingerprint density at radius 1 is 0.935 bits per heavy atom. The second kappa shape index (κ2) is 21.5. The highest BCUT2D eigenvalue weighted by Gasteiger charge is 2.27. The van der Waals surface area contributed by atoms with Crippen LogP contribution in [0.1, 0.15) is 55.1 Å². The number of carboxylic acid groups (broad SMARTS) is 1. The van der Waals surface area contributed by atoms with E-state index in [4.69, 9.17) is 15.2 Å². The number of anilines is 2. The van der Waals surface area contributed by atoms with Crippen LogP contribution in [0.2, 0.25) is 0 Å². The molecule has 3 aromatic carbocycles. The van der Waals surface area contributed by atoms with Gasteiger partial charge in [0.15, 0.2) is 0 Å². The Bertz CT molecular complexity index is 2330. The second-order valence-corrected chi connectivity index (χ2v) is 15.0. The lowest BCUT2D eigenvalue weighted by molar-refractivity contribution is -0.118. The third-order valence-corrected chi connectivity index (χ3v) is 10.3. The van der Waals surface area contributed by atoms with Crippen molar-refractivity contribution in [1.82, 2.24) is 20.1 Å². The topological polar surface area (TPSA) is 215 Å². The van der Waals surface area contributed by atoms with Crippen LogP contribution in [0.4, 0.5) is 34.5 Å². The first-order chi connectivity index (χ1) is 29.6. The number of nitrogens with two attached hydrogens (primary N) is 1. The summed E-state index contributed by atoms with van der Waals surface area (Å²) in [7, 11) is 0. The van der Waals surface area contributed by atoms with Gasteiger partial charge >= 0.3 is 24.2 Å². The summed E-state index contributed by atoms with van der Waals surface area (Å²) in [5.41, 5.74) is 6.35. The first kappa shape index (κ1) is 46.1. The Balaban J connectivity index is 1.16. The Kier molecular flexibility index (Phi) is 16.0. The number of piperazine rings is 1. The second-order valence-electron chi connectivity index (χ2n) is 15.0. The number of aromatic carboxylic acids is 1. The highest BCUT2D eigenvalue weighted by atomic mass is 19.1. The van der Waals surface area contributed by atoms with Gasteiger partial charge in [-0.2, -0.15) is 0 Å². The van der Waals surface area contributed by atoms with E-state index in [1.165, 1.54) is 17.2 Å². The van der Waals surface area contributed by atoms with Crippen LogP contribution >= 0.6 is 0 Å². The maximum atomic E-state index is 15.8. The Labute approximate surface area is 356 Å². The van der Waals surface area contributed by atoms with Crippen molar-refractivity contribution in [3.8, 4) is 0 Å². The molecule has 5 rings (SSSR count). The van der Waals surface area contributed by atoms with Gasteiger partial charge in [0.05, 0.1) is 23.2 Å². The highest BCUT2D eigenvalue weighted by Crippen LogP contribution is 2.27. The lowest BCUT2D eigenvalue weighted by atomic mass is 9.96. The number of urea groups is 1. The molecule has 2 atom stereocenters. The minimum Gasteiger partial charge on any atom is -0.477 e. The lowest BCUT2D eigenvalue weighted by Crippen LogP contribution is -2.49. The molecular formula is C44H51F2N7O9. The molecule has 0 bridgehead atoms. The number of benzene rings is 3. The first-order valence-electron chi connectivity index (χ1n) is 20.2. The van der Waals surface area contributed by atoms with Gasteiger partial charge in [-0.05, 0) is 67.2 Å². The molecule has 5 amide bonds. The molecule has 6 N–H and O–H groups in total. The minimum atomic E-state index is -1.39. The summed E-state index contributed by atoms with van der Waals surface area (Å²) in [6, 6.07) is 16.3. The zero-order valence-electron chi connectivity index (χ0n) is 34.7. The van der Waals surface area contributed by atoms with Gasteiger partial charge in [-0.1, -0.05) is 56.3 Å². The number of rotatable bonds is 17. The molecule has 16 nitrogen and oxygen atoms in total. The molecule has 18 heteroatoms. The summed E-state index contributed by atoms with van der Waals surface area (Å²) in [5.74, 6) is -4.75. The van der Waals surface area contributed by atoms with Gasteiger partial charge in [0.25, 0.3) is 0 Å². The number of hydrogen-bond acceptors (Lipinski definition) is 9. The number of aryl methyl sites for hydroxylation is 1. The number of alkyl carbamates (subject to hydrolysis) is 1. The number of hydrogen-bond donors (Lipinski definition) is 5. The van der Waals surface area contributed by atoms with Crippen LogP contribution in [0.3, 0.4) is 0 Å². The van der Waals surface area contributed by atoms with Gasteiger partial charge in [-0.25, -0.2) is 28.0 Å². The number of carbonyl (C=O) groups is 5. The number of amides is 5. The monoisotopic (exact) mass is 859 g/mol. The van der Waals surface area contributed by atoms with Crippen LogP contribution in [0.25, 0.3) is 10.9 Å². The largest absolute Gasteiger partial charge is 0.477 e. The fraction of sp³-hybridized carbons (Fsp3) is 0.364. The van der Waals surface area contributed by atoms with E-state index in [0.29, 0.717) is 29.7 Å². The number of halogens is 2. The SMILES string of the molecule is CCn1cc(C(=O)O)c(=O)c2cc(F)c(N3CCN(C(=O)OCc4ccc(NC(=O)C(C=C(F)C(NC(=O)OCc5ccccc5)C(C)C)CCCNC(N)=O)cc4)CC3)cc21. The predicted octanol–water partition coefficient (Wildman–Crippen LogP) is 6.13. The molecule has 1 aliphatic rings. The number of primary amides is 1. The maximum Gasteiger partial charge on any atom is 0.410 e. The molecule has 0 aliphatic carbocycles. The van der Waals surface area contributed by atoms with Crippen molar-refractivity contribution in [3.63, 3.8) is 0 Å². The number of nitrogens with zero attached hydrogens (tertiary/aromatic N) is 3. The molecule has 62 heavy (non-hydrogen) atoms. The number of fused-ring (bicyclic) bond motifs is 1. The molecule has 1 aliphatic heterocycles. The number of ether oxygens (including phenoxy) is 2. The molecule has 330 valence electrons. The van der Waals surface area contributed by atoms with Crippen molar-refractivity contribution in [1.29, 1.82) is 0 Å². The van der Waals surface area contributed by atoms with E-state index in [0.717, 1.165) is 17.7 Å². The van der Waals surface area contributed by atoms with Crippen molar-refractivity contribution in [2.24, 2.45) is 17.6 Å². The molecular weight excluding hydrogens is 809 g/mol. The van der Waals surface area contributed by atoms with Gasteiger partial charge in [0.1, 0.15) is 30.4 Å². The van der Waals surface area contributed by atoms with E-state index in [9.17, 15) is 33.9 Å². The van der Waals surface area contributed by atoms with Crippen LogP contribution in [-0.2, 0) is 34.0 Å². The number of carboxylic acids is 1. The summed E-state index contributed by atoms with van der Waals surface area (Å²) in [6.45, 7) is 6.61. The van der Waals surface area contributed by atoms with Crippen molar-refractivity contribution >= 4 is 52.4 Å². The van der Waals surface area contributed by atoms with Gasteiger partial charge in [0, 0.05) is 56.5 Å². The van der Waals surface area contributed by atoms with Crippen LogP contribution in [0.5, 0.6) is 0 Å². The lowest BCUT2D eigenvalue weighted by Gasteiger charge is -2.35. The van der Waals surface area contributed by atoms with Crippen LogP contribution < -0.4 is 32.0 Å². The van der Waals surface area contributed by atoms with Crippen LogP contribution in [0, 0.1) is 17.7 Å². The predicted molar refractivity (Wildman–Crippen MR) is 228 cm³/mol. The number of nitrogens with one attached hydrogen (secondary N) is 3. The van der Waals surface area contributed by atoms with E-state index in [1.807, 2.05) is 6.07 Å². The quantitative estimate of drug-likeness (QED) is 0.0767. The Hall–Kier alpha value is -6.98. The fourth-order valence-corrected chi connectivity index (χ4v) is 6.91. The zero-order valence-corrected chi connectivity index (χ0v) is 34.7. The van der Waals surface area contributed by atoms with Crippen LogP contribution in [-0.4, -0.2) is 83.4 Å². The van der Waals surface area contributed by atoms with E-state index < -0.39 is 70.6 Å². The third-order valence-electron chi connectivity index (χ3n) is 10.3. The van der Waals surface area contributed by atoms with Crippen molar-refractivity contribution in [2.45, 2.75) is 59.4 Å². The smallest absolute Gasteiger partial charge is 0.410 e. The summed E-state index contributed by atoms with van der Waals surface area (Å²) < 4.78 is 43.6. The molecule has 0 spiro atoms. The summed E-state index contributed by atoms with van der Waals surface area (Å²) in [4.78, 5) is 77.9. The van der Waals surface area contributed by atoms with E-state index in [-0.39, 0.29) is 63.4 Å². The van der Waals surface area contributed by atoms with Crippen molar-refractivity contribution in [3.05, 3.63) is 118 Å². The average Bonchev–Trinajstić information content (AvgIpc) is 3.25. The Morgan fingerprint density at radius 2 is 1.60 bits per heavy atom. The summed E-state index contributed by atoms with van der Waals surface area (Å²) >= 11 is 0. The summed E-state index contributed by atoms with van der Waals surface area (Å²) in [5, 5.41) is 17.2. The van der Waals surface area contributed by atoms with Crippen molar-refractivity contribution in [2.75, 3.05) is 42.9 Å². The van der Waals surface area contributed by atoms with E-state index >= 15 is 8.78 Å². The van der Waals surface area contributed by atoms with Gasteiger partial charge < -0.3 is 50.6 Å². The molecule has 1 saturated heterocycles. The molecule has 2 heterocycles. The van der Waals surface area contributed by atoms with Crippen LogP contribution in [0.15, 0.2) is 89.6 Å². The number of aromatic nitrogens is 1. The molecule has 1 aromatic heterocycles. The molecule has 1 fully saturated rings. The molecule has 4 aromatic rings. The van der Waals surface area contributed by atoms with Gasteiger partial charge in [0.2, 0.25) is 11.3 Å². The average molecular weight is 860 g/mol. The normalized spacial score (nSPS) is 13.9. The molecule has 0 radical (unpaired) electrons. The number of pyridine rings is 1. The van der Waals surface area contributed by atoms with E-state index in [2.05, 4.69) is 16.0 Å². The Morgan fingerprint density at radius 3 is 2.23 bits per heavy atom. The summed E-state index contributed by atoms with van der Waals surface area (Å²) in [6.07, 6.45) is 1.43. The fourth-order valence-electron chi connectivity index (χ4n) is 6.91. The highest BCUT2D eigenvalue weighted by molar-refractivity contribution is 5.94. The standard InChI is InChI=1S/C44H51F2N7O9/c1-4-51-24-33(41(56)57)39(54)32-22-34(45)37(23-36(32)51)52-17-19-53(20-18-52)44(60)62-26-29-12-14-31(15-13-29)49-40(55)30(11-8-16-48-42(47)58)21-35(46)38(27(2)3)50-43(59)61-25-28-9-6-5-7-10-28/h5-7,9-10,12-15,21-24,27,30,38H,4,8,11,16-20,25-26H2,1-3H3,(H,49,55)(H,50,59)(H,56,57)(H3,47,48,58). The number of carbonyl (C=O) groups excluding carboxylic acids is 4. The first-order valence-corrected chi connectivity index (χ1v) is 20.2. The van der Waals surface area contributed by atoms with Gasteiger partial charge in [-0.15, -0.1) is 0 Å². The molecule has 0 saturated carbocycles. The minimum absolute atomic E-state index is 0.00964.